The first kappa shape index (κ1) is 20.2. The van der Waals surface area contributed by atoms with Gasteiger partial charge in [0.2, 0.25) is 0 Å². The van der Waals surface area contributed by atoms with E-state index in [4.69, 9.17) is 23.2 Å². The Morgan fingerprint density at radius 1 is 0.800 bits per heavy atom. The smallest absolute Gasteiger partial charge is 0.282 e. The quantitative estimate of drug-likeness (QED) is 0.509. The number of nitrogens with zero attached hydrogens (tertiary/aromatic N) is 1. The fraction of sp³-hybridized carbons (Fsp3) is 0.0833. The highest BCUT2D eigenvalue weighted by Crippen LogP contribution is 2.36. The Hall–Kier alpha value is -3.08. The third kappa shape index (κ3) is 3.49. The maximum atomic E-state index is 13.5. The molecule has 0 saturated heterocycles. The number of anilines is 2. The molecule has 3 aromatic carbocycles. The Kier molecular flexibility index (Phi) is 5.37. The van der Waals surface area contributed by atoms with Gasteiger partial charge in [-0.25, -0.2) is 4.90 Å². The number of amides is 2. The molecule has 0 aliphatic carbocycles. The van der Waals surface area contributed by atoms with E-state index >= 15 is 0 Å². The highest BCUT2D eigenvalue weighted by atomic mass is 35.5. The van der Waals surface area contributed by atoms with Crippen LogP contribution in [-0.2, 0) is 9.59 Å². The van der Waals surface area contributed by atoms with Crippen LogP contribution in [0, 0.1) is 13.8 Å². The third-order valence-corrected chi connectivity index (χ3v) is 5.76. The van der Waals surface area contributed by atoms with Crippen molar-refractivity contribution in [3.05, 3.63) is 99.2 Å². The van der Waals surface area contributed by atoms with Crippen molar-refractivity contribution in [2.75, 3.05) is 10.2 Å². The minimum absolute atomic E-state index is 0.205. The molecule has 150 valence electrons. The van der Waals surface area contributed by atoms with Crippen molar-refractivity contribution < 1.29 is 9.59 Å². The fourth-order valence-corrected chi connectivity index (χ4v) is 3.74. The number of aryl methyl sites for hydroxylation is 1. The van der Waals surface area contributed by atoms with E-state index in [1.54, 1.807) is 48.5 Å². The van der Waals surface area contributed by atoms with Gasteiger partial charge in [0.25, 0.3) is 11.8 Å². The fourth-order valence-electron chi connectivity index (χ4n) is 3.44. The Balaban J connectivity index is 1.87. The van der Waals surface area contributed by atoms with Gasteiger partial charge < -0.3 is 5.32 Å². The first-order valence-corrected chi connectivity index (χ1v) is 10.1. The SMILES string of the molecule is Cc1ccccc1N1C(=O)C(Nc2cccc(Cl)c2C)=C(c2ccc(Cl)cc2)C1=O. The summed E-state index contributed by atoms with van der Waals surface area (Å²) in [6, 6.07) is 19.5. The Morgan fingerprint density at radius 3 is 2.20 bits per heavy atom. The molecule has 0 atom stereocenters. The summed E-state index contributed by atoms with van der Waals surface area (Å²) in [5.74, 6) is -0.808. The van der Waals surface area contributed by atoms with Crippen LogP contribution in [0.15, 0.2) is 72.4 Å². The third-order valence-electron chi connectivity index (χ3n) is 5.10. The molecule has 0 unspecified atom stereocenters. The number of carbonyl (C=O) groups is 2. The van der Waals surface area contributed by atoms with Crippen LogP contribution in [0.1, 0.15) is 16.7 Å². The lowest BCUT2D eigenvalue weighted by molar-refractivity contribution is -0.120. The molecule has 1 N–H and O–H groups in total. The highest BCUT2D eigenvalue weighted by molar-refractivity contribution is 6.46. The highest BCUT2D eigenvalue weighted by Gasteiger charge is 2.40. The number of para-hydroxylation sites is 1. The minimum Gasteiger partial charge on any atom is -0.350 e. The molecule has 4 nitrogen and oxygen atoms in total. The van der Waals surface area contributed by atoms with Crippen LogP contribution in [0.25, 0.3) is 5.57 Å². The normalized spacial score (nSPS) is 13.9. The van der Waals surface area contributed by atoms with Crippen LogP contribution in [0.4, 0.5) is 11.4 Å². The summed E-state index contributed by atoms with van der Waals surface area (Å²) in [4.78, 5) is 28.1. The lowest BCUT2D eigenvalue weighted by Gasteiger charge is -2.18. The molecular formula is C24H18Cl2N2O2. The first-order chi connectivity index (χ1) is 14.4. The van der Waals surface area contributed by atoms with Crippen molar-refractivity contribution in [3.8, 4) is 0 Å². The van der Waals surface area contributed by atoms with Crippen LogP contribution >= 0.6 is 23.2 Å². The molecule has 0 fully saturated rings. The number of nitrogens with one attached hydrogen (secondary N) is 1. The van der Waals surface area contributed by atoms with Crippen molar-refractivity contribution in [3.63, 3.8) is 0 Å². The van der Waals surface area contributed by atoms with Crippen LogP contribution < -0.4 is 10.2 Å². The molecular weight excluding hydrogens is 419 g/mol. The zero-order valence-corrected chi connectivity index (χ0v) is 17.9. The predicted molar refractivity (Wildman–Crippen MR) is 122 cm³/mol. The van der Waals surface area contributed by atoms with Crippen LogP contribution in [-0.4, -0.2) is 11.8 Å². The molecule has 0 spiro atoms. The lowest BCUT2D eigenvalue weighted by Crippen LogP contribution is -2.33. The lowest BCUT2D eigenvalue weighted by atomic mass is 10.0. The Morgan fingerprint density at radius 2 is 1.50 bits per heavy atom. The largest absolute Gasteiger partial charge is 0.350 e. The summed E-state index contributed by atoms with van der Waals surface area (Å²) in [6.45, 7) is 3.72. The van der Waals surface area contributed by atoms with Gasteiger partial charge >= 0.3 is 0 Å². The Labute approximate surface area is 184 Å². The summed E-state index contributed by atoms with van der Waals surface area (Å²) < 4.78 is 0. The molecule has 4 rings (SSSR count). The summed E-state index contributed by atoms with van der Waals surface area (Å²) in [5.41, 5.74) is 3.94. The average molecular weight is 437 g/mol. The second-order valence-electron chi connectivity index (χ2n) is 7.03. The van der Waals surface area contributed by atoms with Crippen LogP contribution in [0.3, 0.4) is 0 Å². The molecule has 2 amide bonds. The zero-order valence-electron chi connectivity index (χ0n) is 16.4. The zero-order chi connectivity index (χ0) is 21.4. The molecule has 1 heterocycles. The van der Waals surface area contributed by atoms with Gasteiger partial charge in [-0.05, 0) is 60.9 Å². The van der Waals surface area contributed by atoms with E-state index < -0.39 is 5.91 Å². The molecule has 3 aromatic rings. The molecule has 30 heavy (non-hydrogen) atoms. The number of halogens is 2. The second kappa shape index (κ2) is 7.98. The summed E-state index contributed by atoms with van der Waals surface area (Å²) in [7, 11) is 0. The number of benzene rings is 3. The van der Waals surface area contributed by atoms with E-state index in [2.05, 4.69) is 5.32 Å². The van der Waals surface area contributed by atoms with Crippen LogP contribution in [0.5, 0.6) is 0 Å². The maximum Gasteiger partial charge on any atom is 0.282 e. The molecule has 0 radical (unpaired) electrons. The molecule has 6 heteroatoms. The van der Waals surface area contributed by atoms with E-state index in [1.807, 2.05) is 32.0 Å². The maximum absolute atomic E-state index is 13.5. The van der Waals surface area contributed by atoms with Crippen LogP contribution in [0.2, 0.25) is 10.0 Å². The monoisotopic (exact) mass is 436 g/mol. The van der Waals surface area contributed by atoms with Crippen molar-refractivity contribution >= 4 is 52.0 Å². The van der Waals surface area contributed by atoms with Gasteiger partial charge in [0.05, 0.1) is 11.3 Å². The van der Waals surface area contributed by atoms with Crippen molar-refractivity contribution in [1.29, 1.82) is 0 Å². The van der Waals surface area contributed by atoms with E-state index in [0.717, 1.165) is 11.1 Å². The average Bonchev–Trinajstić information content (AvgIpc) is 2.96. The van der Waals surface area contributed by atoms with Gasteiger partial charge in [0, 0.05) is 15.7 Å². The van der Waals surface area contributed by atoms with Gasteiger partial charge in [-0.1, -0.05) is 59.6 Å². The standard InChI is InChI=1S/C24H18Cl2N2O2/c1-14-6-3-4-9-20(14)28-23(29)21(16-10-12-17(25)13-11-16)22(24(28)30)27-19-8-5-7-18(26)15(19)2/h3-13,27H,1-2H3. The molecule has 0 bridgehead atoms. The van der Waals surface area contributed by atoms with E-state index in [0.29, 0.717) is 32.6 Å². The van der Waals surface area contributed by atoms with E-state index in [1.165, 1.54) is 4.90 Å². The van der Waals surface area contributed by atoms with Crippen molar-refractivity contribution in [2.45, 2.75) is 13.8 Å². The molecule has 0 aromatic heterocycles. The number of carbonyl (C=O) groups excluding carboxylic acids is 2. The first-order valence-electron chi connectivity index (χ1n) is 9.35. The number of hydrogen-bond donors (Lipinski definition) is 1. The summed E-state index contributed by atoms with van der Waals surface area (Å²) in [5, 5.41) is 4.28. The van der Waals surface area contributed by atoms with Gasteiger partial charge in [0.15, 0.2) is 0 Å². The molecule has 1 aliphatic rings. The topological polar surface area (TPSA) is 49.4 Å². The van der Waals surface area contributed by atoms with Gasteiger partial charge in [-0.3, -0.25) is 9.59 Å². The number of imide groups is 1. The Bertz CT molecular complexity index is 1200. The predicted octanol–water partition coefficient (Wildman–Crippen LogP) is 6.01. The van der Waals surface area contributed by atoms with E-state index in [-0.39, 0.29) is 11.6 Å². The molecule has 0 saturated carbocycles. The molecule has 1 aliphatic heterocycles. The van der Waals surface area contributed by atoms with Gasteiger partial charge in [-0.2, -0.15) is 0 Å². The summed E-state index contributed by atoms with van der Waals surface area (Å²) in [6.07, 6.45) is 0. The summed E-state index contributed by atoms with van der Waals surface area (Å²) >= 11 is 12.3. The van der Waals surface area contributed by atoms with E-state index in [9.17, 15) is 9.59 Å². The number of hydrogen-bond acceptors (Lipinski definition) is 3. The second-order valence-corrected chi connectivity index (χ2v) is 7.87. The van der Waals surface area contributed by atoms with Crippen molar-refractivity contribution in [2.24, 2.45) is 0 Å². The number of rotatable bonds is 4. The van der Waals surface area contributed by atoms with Crippen molar-refractivity contribution in [1.82, 2.24) is 0 Å². The van der Waals surface area contributed by atoms with Gasteiger partial charge in [-0.15, -0.1) is 0 Å². The minimum atomic E-state index is -0.418. The van der Waals surface area contributed by atoms with Gasteiger partial charge in [0.1, 0.15) is 5.70 Å².